The quantitative estimate of drug-likeness (QED) is 0.841. The summed E-state index contributed by atoms with van der Waals surface area (Å²) in [4.78, 5) is 15.0. The molecule has 1 aromatic carbocycles. The lowest BCUT2D eigenvalue weighted by Crippen LogP contribution is -2.34. The number of nitrogen functional groups attached to an aromatic ring is 1. The molecule has 100 valence electrons. The maximum atomic E-state index is 10.8. The molecule has 2 N–H and O–H groups in total. The number of nitrogens with two attached hydrogens (primary N) is 1. The van der Waals surface area contributed by atoms with Crippen molar-refractivity contribution in [3.63, 3.8) is 0 Å². The Kier molecular flexibility index (Phi) is 2.90. The van der Waals surface area contributed by atoms with Crippen molar-refractivity contribution in [2.75, 3.05) is 18.9 Å². The molecule has 0 unspecified atom stereocenters. The van der Waals surface area contributed by atoms with Gasteiger partial charge in [0.05, 0.1) is 5.52 Å². The van der Waals surface area contributed by atoms with Gasteiger partial charge in [-0.3, -0.25) is 4.79 Å². The zero-order valence-corrected chi connectivity index (χ0v) is 11.0. The maximum Gasteiger partial charge on any atom is 0.302 e. The van der Waals surface area contributed by atoms with E-state index in [9.17, 15) is 4.79 Å². The predicted molar refractivity (Wildman–Crippen MR) is 70.6 cm³/mol. The van der Waals surface area contributed by atoms with E-state index < -0.39 is 0 Å². The van der Waals surface area contributed by atoms with Crippen LogP contribution in [0, 0.1) is 0 Å². The van der Waals surface area contributed by atoms with E-state index in [-0.39, 0.29) is 18.7 Å². The first kappa shape index (κ1) is 12.0. The van der Waals surface area contributed by atoms with E-state index in [1.54, 1.807) is 6.07 Å². The molecular formula is C12H12N2O4S. The van der Waals surface area contributed by atoms with Crippen molar-refractivity contribution in [3.8, 4) is 11.5 Å². The van der Waals surface area contributed by atoms with Crippen molar-refractivity contribution in [2.45, 2.75) is 13.0 Å². The average Bonchev–Trinajstić information content (AvgIpc) is 2.76. The van der Waals surface area contributed by atoms with Crippen LogP contribution in [-0.2, 0) is 9.53 Å². The van der Waals surface area contributed by atoms with E-state index in [0.29, 0.717) is 23.2 Å². The molecule has 0 aliphatic carbocycles. The van der Waals surface area contributed by atoms with E-state index in [1.807, 2.05) is 6.07 Å². The molecule has 2 heterocycles. The molecule has 2 aromatic rings. The van der Waals surface area contributed by atoms with Crippen molar-refractivity contribution in [1.29, 1.82) is 0 Å². The van der Waals surface area contributed by atoms with Crippen LogP contribution in [0.2, 0.25) is 0 Å². The van der Waals surface area contributed by atoms with Gasteiger partial charge in [-0.05, 0) is 12.1 Å². The Hall–Kier alpha value is -2.02. The summed E-state index contributed by atoms with van der Waals surface area (Å²) < 4.78 is 17.2. The highest BCUT2D eigenvalue weighted by Crippen LogP contribution is 2.42. The Morgan fingerprint density at radius 2 is 2.47 bits per heavy atom. The molecule has 3 rings (SSSR count). The normalized spacial score (nSPS) is 17.4. The van der Waals surface area contributed by atoms with Gasteiger partial charge in [-0.15, -0.1) is 0 Å². The maximum absolute atomic E-state index is 10.8. The minimum atomic E-state index is -0.333. The number of fused-ring (bicyclic) bond motifs is 3. The number of hydrogen-bond acceptors (Lipinski definition) is 7. The second-order valence-electron chi connectivity index (χ2n) is 4.15. The van der Waals surface area contributed by atoms with E-state index in [1.165, 1.54) is 18.3 Å². The third kappa shape index (κ3) is 2.28. The Labute approximate surface area is 113 Å². The van der Waals surface area contributed by atoms with Gasteiger partial charge in [0, 0.05) is 6.92 Å². The molecule has 1 atom stereocenters. The molecule has 1 aromatic heterocycles. The zero-order chi connectivity index (χ0) is 13.4. The number of aromatic nitrogens is 1. The number of rotatable bonds is 2. The number of ether oxygens (including phenoxy) is 3. The summed E-state index contributed by atoms with van der Waals surface area (Å²) in [6, 6.07) is 3.62. The molecule has 1 aliphatic rings. The Morgan fingerprint density at radius 3 is 3.26 bits per heavy atom. The van der Waals surface area contributed by atoms with Crippen LogP contribution in [0.1, 0.15) is 6.92 Å². The van der Waals surface area contributed by atoms with Gasteiger partial charge in [0.1, 0.15) is 17.9 Å². The number of thiazole rings is 1. The van der Waals surface area contributed by atoms with Crippen LogP contribution >= 0.6 is 11.3 Å². The molecule has 7 heteroatoms. The van der Waals surface area contributed by atoms with E-state index in [0.717, 1.165) is 10.2 Å². The van der Waals surface area contributed by atoms with Gasteiger partial charge in [0.2, 0.25) is 0 Å². The van der Waals surface area contributed by atoms with Crippen molar-refractivity contribution in [2.24, 2.45) is 0 Å². The number of anilines is 1. The van der Waals surface area contributed by atoms with Crippen molar-refractivity contribution >= 4 is 32.7 Å². The summed E-state index contributed by atoms with van der Waals surface area (Å²) in [5.41, 5.74) is 6.48. The number of benzene rings is 1. The highest BCUT2D eigenvalue weighted by molar-refractivity contribution is 7.22. The molecule has 0 spiro atoms. The van der Waals surface area contributed by atoms with Crippen LogP contribution in [-0.4, -0.2) is 30.3 Å². The average molecular weight is 280 g/mol. The second kappa shape index (κ2) is 4.58. The first-order chi connectivity index (χ1) is 9.13. The number of esters is 1. The molecule has 0 radical (unpaired) electrons. The van der Waals surface area contributed by atoms with Gasteiger partial charge in [-0.1, -0.05) is 11.3 Å². The topological polar surface area (TPSA) is 83.7 Å². The van der Waals surface area contributed by atoms with Crippen molar-refractivity contribution < 1.29 is 19.0 Å². The molecular weight excluding hydrogens is 268 g/mol. The fraction of sp³-hybridized carbons (Fsp3) is 0.333. The lowest BCUT2D eigenvalue weighted by atomic mass is 10.2. The number of carbonyl (C=O) groups is 1. The van der Waals surface area contributed by atoms with Crippen LogP contribution in [0.25, 0.3) is 10.2 Å². The SMILES string of the molecule is CC(=O)OC[C@H]1COc2c(ccc3nc(N)sc23)O1. The summed E-state index contributed by atoms with van der Waals surface area (Å²) in [5, 5.41) is 0.494. The van der Waals surface area contributed by atoms with E-state index in [4.69, 9.17) is 19.9 Å². The summed E-state index contributed by atoms with van der Waals surface area (Å²) in [6.45, 7) is 1.87. The van der Waals surface area contributed by atoms with Gasteiger partial charge in [-0.25, -0.2) is 4.98 Å². The highest BCUT2D eigenvalue weighted by Gasteiger charge is 2.25. The third-order valence-corrected chi connectivity index (χ3v) is 3.57. The molecule has 6 nitrogen and oxygen atoms in total. The fourth-order valence-corrected chi connectivity index (χ4v) is 2.70. The molecule has 1 aliphatic heterocycles. The summed E-state index contributed by atoms with van der Waals surface area (Å²) in [7, 11) is 0. The Morgan fingerprint density at radius 1 is 1.63 bits per heavy atom. The van der Waals surface area contributed by atoms with Crippen molar-refractivity contribution in [3.05, 3.63) is 12.1 Å². The van der Waals surface area contributed by atoms with Crippen LogP contribution in [0.15, 0.2) is 12.1 Å². The van der Waals surface area contributed by atoms with Gasteiger partial charge in [0.15, 0.2) is 22.7 Å². The lowest BCUT2D eigenvalue weighted by Gasteiger charge is -2.26. The Bertz CT molecular complexity index is 640. The van der Waals surface area contributed by atoms with E-state index >= 15 is 0 Å². The summed E-state index contributed by atoms with van der Waals surface area (Å²) in [6.07, 6.45) is -0.292. The standard InChI is InChI=1S/C12H12N2O4S/c1-6(15)16-4-7-5-17-10-9(18-7)3-2-8-11(10)19-12(13)14-8/h2-3,7H,4-5H2,1H3,(H2,13,14)/t7-/m0/s1. The first-order valence-corrected chi connectivity index (χ1v) is 6.57. The highest BCUT2D eigenvalue weighted by atomic mass is 32.1. The predicted octanol–water partition coefficient (Wildman–Crippen LogP) is 1.58. The van der Waals surface area contributed by atoms with Gasteiger partial charge in [-0.2, -0.15) is 0 Å². The molecule has 19 heavy (non-hydrogen) atoms. The summed E-state index contributed by atoms with van der Waals surface area (Å²) in [5.74, 6) is 0.949. The van der Waals surface area contributed by atoms with Crippen LogP contribution in [0.5, 0.6) is 11.5 Å². The second-order valence-corrected chi connectivity index (χ2v) is 5.18. The molecule has 0 fully saturated rings. The monoisotopic (exact) mass is 280 g/mol. The number of nitrogens with zero attached hydrogens (tertiary/aromatic N) is 1. The minimum Gasteiger partial charge on any atom is -0.484 e. The number of carbonyl (C=O) groups excluding carboxylic acids is 1. The smallest absolute Gasteiger partial charge is 0.302 e. The van der Waals surface area contributed by atoms with Crippen LogP contribution in [0.3, 0.4) is 0 Å². The van der Waals surface area contributed by atoms with Gasteiger partial charge in [0.25, 0.3) is 0 Å². The first-order valence-electron chi connectivity index (χ1n) is 5.75. The third-order valence-electron chi connectivity index (χ3n) is 2.67. The van der Waals surface area contributed by atoms with Gasteiger partial charge < -0.3 is 19.9 Å². The van der Waals surface area contributed by atoms with Gasteiger partial charge >= 0.3 is 5.97 Å². The molecule has 0 bridgehead atoms. The summed E-state index contributed by atoms with van der Waals surface area (Å²) >= 11 is 1.36. The molecule has 0 saturated carbocycles. The zero-order valence-electron chi connectivity index (χ0n) is 10.2. The molecule has 0 saturated heterocycles. The van der Waals surface area contributed by atoms with E-state index in [2.05, 4.69) is 4.98 Å². The van der Waals surface area contributed by atoms with Crippen LogP contribution < -0.4 is 15.2 Å². The minimum absolute atomic E-state index is 0.178. The van der Waals surface area contributed by atoms with Crippen molar-refractivity contribution in [1.82, 2.24) is 4.98 Å². The Balaban J connectivity index is 1.85. The molecule has 0 amide bonds. The number of hydrogen-bond donors (Lipinski definition) is 1. The lowest BCUT2D eigenvalue weighted by molar-refractivity contribution is -0.144. The van der Waals surface area contributed by atoms with Crippen LogP contribution in [0.4, 0.5) is 5.13 Å². The largest absolute Gasteiger partial charge is 0.484 e. The fourth-order valence-electron chi connectivity index (χ4n) is 1.88.